The van der Waals surface area contributed by atoms with Gasteiger partial charge in [-0.25, -0.2) is 4.98 Å². The molecule has 1 aromatic heterocycles. The minimum Gasteiger partial charge on any atom is -0.476 e. The Morgan fingerprint density at radius 1 is 1.47 bits per heavy atom. The molecule has 1 aromatic rings. The lowest BCUT2D eigenvalue weighted by Gasteiger charge is -2.07. The zero-order valence-electron chi connectivity index (χ0n) is 9.09. The number of unbranched alkanes of at least 4 members (excludes halogenated alkanes) is 1. The van der Waals surface area contributed by atoms with Gasteiger partial charge < -0.3 is 10.1 Å². The van der Waals surface area contributed by atoms with Crippen LogP contribution in [-0.4, -0.2) is 23.1 Å². The number of anilines is 1. The SMILES string of the molecule is CCCCOc1nc(NCC)ncc1Cl. The first-order valence-electron chi connectivity index (χ1n) is 5.17. The van der Waals surface area contributed by atoms with Gasteiger partial charge in [-0.05, 0) is 13.3 Å². The van der Waals surface area contributed by atoms with Gasteiger partial charge in [0.05, 0.1) is 12.8 Å². The Morgan fingerprint density at radius 2 is 2.27 bits per heavy atom. The average Bonchev–Trinajstić information content (AvgIpc) is 2.23. The van der Waals surface area contributed by atoms with Gasteiger partial charge in [0.15, 0.2) is 0 Å². The number of halogens is 1. The van der Waals surface area contributed by atoms with Gasteiger partial charge in [-0.15, -0.1) is 0 Å². The van der Waals surface area contributed by atoms with E-state index in [-0.39, 0.29) is 0 Å². The third-order valence-corrected chi connectivity index (χ3v) is 2.04. The summed E-state index contributed by atoms with van der Waals surface area (Å²) >= 11 is 5.90. The summed E-state index contributed by atoms with van der Waals surface area (Å²) in [7, 11) is 0. The molecule has 0 fully saturated rings. The van der Waals surface area contributed by atoms with Gasteiger partial charge in [0.2, 0.25) is 11.8 Å². The highest BCUT2D eigenvalue weighted by molar-refractivity contribution is 6.31. The Kier molecular flexibility index (Phi) is 5.18. The van der Waals surface area contributed by atoms with Crippen molar-refractivity contribution in [2.75, 3.05) is 18.5 Å². The van der Waals surface area contributed by atoms with Gasteiger partial charge in [0.25, 0.3) is 0 Å². The fourth-order valence-corrected chi connectivity index (χ4v) is 1.15. The van der Waals surface area contributed by atoms with Gasteiger partial charge in [0, 0.05) is 6.54 Å². The predicted molar refractivity (Wildman–Crippen MR) is 61.6 cm³/mol. The molecule has 0 amide bonds. The Balaban J connectivity index is 2.63. The van der Waals surface area contributed by atoms with Crippen molar-refractivity contribution in [1.82, 2.24) is 9.97 Å². The molecule has 0 aliphatic carbocycles. The average molecular weight is 230 g/mol. The zero-order valence-corrected chi connectivity index (χ0v) is 9.84. The molecule has 84 valence electrons. The lowest BCUT2D eigenvalue weighted by Crippen LogP contribution is -2.05. The van der Waals surface area contributed by atoms with E-state index >= 15 is 0 Å². The summed E-state index contributed by atoms with van der Waals surface area (Å²) in [6.45, 7) is 5.50. The topological polar surface area (TPSA) is 47.0 Å². The van der Waals surface area contributed by atoms with E-state index < -0.39 is 0 Å². The second-order valence-electron chi connectivity index (χ2n) is 3.08. The Bertz CT molecular complexity index is 307. The molecule has 0 aliphatic heterocycles. The summed E-state index contributed by atoms with van der Waals surface area (Å²) in [6.07, 6.45) is 3.63. The molecule has 5 heteroatoms. The van der Waals surface area contributed by atoms with E-state index in [4.69, 9.17) is 16.3 Å². The van der Waals surface area contributed by atoms with Gasteiger partial charge in [-0.3, -0.25) is 0 Å². The lowest BCUT2D eigenvalue weighted by molar-refractivity contribution is 0.298. The minimum absolute atomic E-state index is 0.452. The molecular formula is C10H16ClN3O. The first-order chi connectivity index (χ1) is 7.27. The van der Waals surface area contributed by atoms with Crippen molar-refractivity contribution in [3.05, 3.63) is 11.2 Å². The molecule has 0 aromatic carbocycles. The van der Waals surface area contributed by atoms with Crippen LogP contribution in [0.2, 0.25) is 5.02 Å². The predicted octanol–water partition coefficient (Wildman–Crippen LogP) is 2.74. The van der Waals surface area contributed by atoms with Crippen molar-refractivity contribution < 1.29 is 4.74 Å². The standard InChI is InChI=1S/C10H16ClN3O/c1-3-5-6-15-9-8(11)7-13-10(14-9)12-4-2/h7H,3-6H2,1-2H3,(H,12,13,14). The molecule has 0 saturated carbocycles. The summed E-state index contributed by atoms with van der Waals surface area (Å²) in [5, 5.41) is 3.46. The third kappa shape index (κ3) is 3.91. The van der Waals surface area contributed by atoms with Crippen molar-refractivity contribution in [1.29, 1.82) is 0 Å². The maximum absolute atomic E-state index is 5.90. The van der Waals surface area contributed by atoms with E-state index in [1.54, 1.807) is 6.20 Å². The van der Waals surface area contributed by atoms with Gasteiger partial charge >= 0.3 is 0 Å². The second kappa shape index (κ2) is 6.45. The van der Waals surface area contributed by atoms with Crippen LogP contribution in [0.25, 0.3) is 0 Å². The van der Waals surface area contributed by atoms with Crippen LogP contribution in [0.4, 0.5) is 5.95 Å². The minimum atomic E-state index is 0.452. The van der Waals surface area contributed by atoms with E-state index in [9.17, 15) is 0 Å². The number of hydrogen-bond acceptors (Lipinski definition) is 4. The molecule has 1 N–H and O–H groups in total. The highest BCUT2D eigenvalue weighted by atomic mass is 35.5. The molecule has 0 radical (unpaired) electrons. The molecule has 4 nitrogen and oxygen atoms in total. The molecule has 0 saturated heterocycles. The molecule has 0 bridgehead atoms. The Morgan fingerprint density at radius 3 is 2.93 bits per heavy atom. The van der Waals surface area contributed by atoms with Crippen LogP contribution in [0.1, 0.15) is 26.7 Å². The number of nitrogens with one attached hydrogen (secondary N) is 1. The number of ether oxygens (including phenoxy) is 1. The van der Waals surface area contributed by atoms with Crippen LogP contribution in [0.15, 0.2) is 6.20 Å². The second-order valence-corrected chi connectivity index (χ2v) is 3.49. The van der Waals surface area contributed by atoms with Crippen molar-refractivity contribution in [3.63, 3.8) is 0 Å². The van der Waals surface area contributed by atoms with Crippen molar-refractivity contribution in [2.45, 2.75) is 26.7 Å². The van der Waals surface area contributed by atoms with Gasteiger partial charge in [-0.2, -0.15) is 4.98 Å². The van der Waals surface area contributed by atoms with Crippen molar-refractivity contribution in [3.8, 4) is 5.88 Å². The summed E-state index contributed by atoms with van der Waals surface area (Å²) < 4.78 is 5.44. The number of rotatable bonds is 6. The van der Waals surface area contributed by atoms with Crippen LogP contribution in [0, 0.1) is 0 Å². The number of aromatic nitrogens is 2. The highest BCUT2D eigenvalue weighted by Crippen LogP contribution is 2.21. The molecule has 0 atom stereocenters. The van der Waals surface area contributed by atoms with Crippen LogP contribution in [0.5, 0.6) is 5.88 Å². The maximum atomic E-state index is 5.90. The van der Waals surface area contributed by atoms with Crippen LogP contribution in [0.3, 0.4) is 0 Å². The lowest BCUT2D eigenvalue weighted by atomic mass is 10.4. The van der Waals surface area contributed by atoms with Crippen LogP contribution < -0.4 is 10.1 Å². The fraction of sp³-hybridized carbons (Fsp3) is 0.600. The number of nitrogens with zero attached hydrogens (tertiary/aromatic N) is 2. The molecule has 0 unspecified atom stereocenters. The monoisotopic (exact) mass is 229 g/mol. The summed E-state index contributed by atoms with van der Waals surface area (Å²) in [6, 6.07) is 0. The molecule has 0 spiro atoms. The quantitative estimate of drug-likeness (QED) is 0.762. The Labute approximate surface area is 95.0 Å². The van der Waals surface area contributed by atoms with E-state index in [0.29, 0.717) is 23.5 Å². The first-order valence-corrected chi connectivity index (χ1v) is 5.55. The molecule has 15 heavy (non-hydrogen) atoms. The third-order valence-electron chi connectivity index (χ3n) is 1.78. The number of hydrogen-bond donors (Lipinski definition) is 1. The largest absolute Gasteiger partial charge is 0.476 e. The summed E-state index contributed by atoms with van der Waals surface area (Å²) in [4.78, 5) is 8.18. The van der Waals surface area contributed by atoms with E-state index in [2.05, 4.69) is 22.2 Å². The molecule has 1 rings (SSSR count). The van der Waals surface area contributed by atoms with E-state index in [1.807, 2.05) is 6.92 Å². The van der Waals surface area contributed by atoms with Crippen LogP contribution in [-0.2, 0) is 0 Å². The highest BCUT2D eigenvalue weighted by Gasteiger charge is 2.05. The van der Waals surface area contributed by atoms with E-state index in [1.165, 1.54) is 0 Å². The summed E-state index contributed by atoms with van der Waals surface area (Å²) in [5.74, 6) is 1.00. The van der Waals surface area contributed by atoms with Crippen molar-refractivity contribution >= 4 is 17.5 Å². The fourth-order valence-electron chi connectivity index (χ4n) is 1.01. The first kappa shape index (κ1) is 12.0. The molecule has 1 heterocycles. The van der Waals surface area contributed by atoms with Crippen LogP contribution >= 0.6 is 11.6 Å². The van der Waals surface area contributed by atoms with Crippen molar-refractivity contribution in [2.24, 2.45) is 0 Å². The van der Waals surface area contributed by atoms with E-state index in [0.717, 1.165) is 19.4 Å². The maximum Gasteiger partial charge on any atom is 0.237 e. The summed E-state index contributed by atoms with van der Waals surface area (Å²) in [5.41, 5.74) is 0. The molecular weight excluding hydrogens is 214 g/mol. The van der Waals surface area contributed by atoms with Gasteiger partial charge in [-0.1, -0.05) is 24.9 Å². The smallest absolute Gasteiger partial charge is 0.237 e. The zero-order chi connectivity index (χ0) is 11.1. The van der Waals surface area contributed by atoms with Gasteiger partial charge in [0.1, 0.15) is 5.02 Å². The molecule has 0 aliphatic rings. The Hall–Kier alpha value is -1.03. The normalized spacial score (nSPS) is 10.1.